The van der Waals surface area contributed by atoms with Crippen LogP contribution in [0.25, 0.3) is 0 Å². The number of carbonyl (C=O) groups excluding carboxylic acids is 1. The highest BCUT2D eigenvalue weighted by Crippen LogP contribution is 2.25. The smallest absolute Gasteiger partial charge is 0.326 e. The molecule has 1 rings (SSSR count). The van der Waals surface area contributed by atoms with Gasteiger partial charge in [0.25, 0.3) is 5.91 Å². The number of carbonyl (C=O) groups is 1. The van der Waals surface area contributed by atoms with Crippen LogP contribution in [-0.4, -0.2) is 36.3 Å². The molecule has 0 unspecified atom stereocenters. The van der Waals surface area contributed by atoms with E-state index < -0.39 is 18.6 Å². The Bertz CT molecular complexity index is 505. The van der Waals surface area contributed by atoms with E-state index in [2.05, 4.69) is 6.58 Å². The van der Waals surface area contributed by atoms with Gasteiger partial charge >= 0.3 is 6.18 Å². The van der Waals surface area contributed by atoms with Crippen molar-refractivity contribution in [2.45, 2.75) is 11.1 Å². The number of nitrogens with zero attached hydrogens (tertiary/aromatic N) is 1. The van der Waals surface area contributed by atoms with Gasteiger partial charge in [0.15, 0.2) is 0 Å². The van der Waals surface area contributed by atoms with Gasteiger partial charge < -0.3 is 4.90 Å². The molecule has 0 radical (unpaired) electrons. The minimum Gasteiger partial charge on any atom is -0.326 e. The Morgan fingerprint density at radius 2 is 2.15 bits per heavy atom. The second-order valence-corrected chi connectivity index (χ2v) is 5.22. The van der Waals surface area contributed by atoms with E-state index in [1.807, 2.05) is 0 Å². The molecule has 0 fully saturated rings. The summed E-state index contributed by atoms with van der Waals surface area (Å²) < 4.78 is 37.5. The lowest BCUT2D eigenvalue weighted by Crippen LogP contribution is -2.39. The molecule has 0 aromatic heterocycles. The van der Waals surface area contributed by atoms with Crippen molar-refractivity contribution in [3.63, 3.8) is 0 Å². The van der Waals surface area contributed by atoms with E-state index in [0.717, 1.165) is 4.90 Å². The average Bonchev–Trinajstić information content (AvgIpc) is 2.36. The lowest BCUT2D eigenvalue weighted by atomic mass is 10.2. The van der Waals surface area contributed by atoms with Gasteiger partial charge in [0.2, 0.25) is 0 Å². The van der Waals surface area contributed by atoms with Crippen molar-refractivity contribution in [3.8, 4) is 0 Å². The fraction of sp³-hybridized carbons (Fsp3) is 0.308. The van der Waals surface area contributed by atoms with Crippen molar-refractivity contribution in [2.75, 3.05) is 19.3 Å². The van der Waals surface area contributed by atoms with Gasteiger partial charge in [-0.15, -0.1) is 18.3 Å². The minimum absolute atomic E-state index is 0.0598. The van der Waals surface area contributed by atoms with Crippen LogP contribution in [0, 0.1) is 0 Å². The van der Waals surface area contributed by atoms with E-state index in [-0.39, 0.29) is 17.1 Å². The van der Waals surface area contributed by atoms with E-state index in [1.54, 1.807) is 12.3 Å². The van der Waals surface area contributed by atoms with Crippen molar-refractivity contribution in [3.05, 3.63) is 41.4 Å². The van der Waals surface area contributed by atoms with Crippen molar-refractivity contribution in [1.29, 1.82) is 0 Å². The van der Waals surface area contributed by atoms with Gasteiger partial charge in [-0.3, -0.25) is 4.79 Å². The molecule has 0 heterocycles. The Balaban J connectivity index is 3.08. The summed E-state index contributed by atoms with van der Waals surface area (Å²) >= 11 is 7.28. The summed E-state index contributed by atoms with van der Waals surface area (Å²) in [7, 11) is 0. The first-order valence-corrected chi connectivity index (χ1v) is 7.19. The lowest BCUT2D eigenvalue weighted by Gasteiger charge is -2.23. The van der Waals surface area contributed by atoms with Crippen LogP contribution in [0.15, 0.2) is 35.7 Å². The second kappa shape index (κ2) is 7.04. The maximum absolute atomic E-state index is 12.5. The predicted octanol–water partition coefficient (Wildman–Crippen LogP) is 4.25. The predicted molar refractivity (Wildman–Crippen MR) is 75.4 cm³/mol. The summed E-state index contributed by atoms with van der Waals surface area (Å²) in [6.45, 7) is 1.83. The third-order valence-electron chi connectivity index (χ3n) is 2.41. The summed E-state index contributed by atoms with van der Waals surface area (Å²) in [6.07, 6.45) is -1.42. The number of rotatable bonds is 5. The molecule has 7 heteroatoms. The van der Waals surface area contributed by atoms with Crippen LogP contribution >= 0.6 is 23.4 Å². The van der Waals surface area contributed by atoms with E-state index in [0.29, 0.717) is 4.90 Å². The molecule has 1 amide bonds. The van der Waals surface area contributed by atoms with Gasteiger partial charge in [-0.05, 0) is 24.5 Å². The van der Waals surface area contributed by atoms with Gasteiger partial charge in [-0.25, -0.2) is 0 Å². The summed E-state index contributed by atoms with van der Waals surface area (Å²) in [5.41, 5.74) is 0.0598. The van der Waals surface area contributed by atoms with Crippen LogP contribution in [-0.2, 0) is 0 Å². The Kier molecular flexibility index (Phi) is 5.95. The lowest BCUT2D eigenvalue weighted by molar-refractivity contribution is -0.139. The highest BCUT2D eigenvalue weighted by Gasteiger charge is 2.33. The molecule has 0 N–H and O–H groups in total. The molecule has 1 aromatic rings. The Hall–Kier alpha value is -1.14. The summed E-state index contributed by atoms with van der Waals surface area (Å²) in [5, 5.41) is 0.129. The molecule has 110 valence electrons. The third kappa shape index (κ3) is 4.76. The SMILES string of the molecule is C=CCN(CC(F)(F)F)C(=O)c1cc(SC)ccc1Cl. The molecule has 0 aliphatic heterocycles. The first-order valence-electron chi connectivity index (χ1n) is 5.59. The van der Waals surface area contributed by atoms with Gasteiger partial charge in [0, 0.05) is 11.4 Å². The maximum Gasteiger partial charge on any atom is 0.406 e. The molecule has 2 nitrogen and oxygen atoms in total. The largest absolute Gasteiger partial charge is 0.406 e. The van der Waals surface area contributed by atoms with Crippen LogP contribution in [0.5, 0.6) is 0 Å². The van der Waals surface area contributed by atoms with Crippen molar-refractivity contribution < 1.29 is 18.0 Å². The number of benzene rings is 1. The van der Waals surface area contributed by atoms with Crippen LogP contribution in [0.3, 0.4) is 0 Å². The van der Waals surface area contributed by atoms with Gasteiger partial charge in [0.1, 0.15) is 6.54 Å². The fourth-order valence-electron chi connectivity index (χ4n) is 1.56. The van der Waals surface area contributed by atoms with Crippen molar-refractivity contribution in [1.82, 2.24) is 4.90 Å². The minimum atomic E-state index is -4.47. The van der Waals surface area contributed by atoms with Crippen molar-refractivity contribution >= 4 is 29.3 Å². The molecular weight excluding hydrogens is 311 g/mol. The molecule has 0 saturated heterocycles. The number of thioether (sulfide) groups is 1. The summed E-state index contributed by atoms with van der Waals surface area (Å²) in [6, 6.07) is 4.69. The number of hydrogen-bond donors (Lipinski definition) is 0. The Labute approximate surface area is 124 Å². The molecule has 0 atom stereocenters. The topological polar surface area (TPSA) is 20.3 Å². The fourth-order valence-corrected chi connectivity index (χ4v) is 2.20. The summed E-state index contributed by atoms with van der Waals surface area (Å²) in [5.74, 6) is -0.761. The highest BCUT2D eigenvalue weighted by atomic mass is 35.5. The van der Waals surface area contributed by atoms with Crippen LogP contribution < -0.4 is 0 Å². The zero-order chi connectivity index (χ0) is 15.3. The summed E-state index contributed by atoms with van der Waals surface area (Å²) in [4.78, 5) is 13.6. The molecule has 0 aliphatic rings. The Morgan fingerprint density at radius 3 is 2.65 bits per heavy atom. The monoisotopic (exact) mass is 323 g/mol. The molecule has 1 aromatic carbocycles. The third-order valence-corrected chi connectivity index (χ3v) is 3.47. The number of halogens is 4. The molecule has 0 spiro atoms. The first-order chi connectivity index (χ1) is 9.28. The number of alkyl halides is 3. The highest BCUT2D eigenvalue weighted by molar-refractivity contribution is 7.98. The van der Waals surface area contributed by atoms with E-state index >= 15 is 0 Å². The van der Waals surface area contributed by atoms with E-state index in [9.17, 15) is 18.0 Å². The first kappa shape index (κ1) is 16.9. The number of amides is 1. The molecule has 20 heavy (non-hydrogen) atoms. The zero-order valence-corrected chi connectivity index (χ0v) is 12.3. The molecular formula is C13H13ClF3NOS. The van der Waals surface area contributed by atoms with Gasteiger partial charge in [-0.1, -0.05) is 17.7 Å². The second-order valence-electron chi connectivity index (χ2n) is 3.94. The average molecular weight is 324 g/mol. The standard InChI is InChI=1S/C13H13ClF3NOS/c1-3-6-18(8-13(15,16)17)12(19)10-7-9(20-2)4-5-11(10)14/h3-5,7H,1,6,8H2,2H3. The number of hydrogen-bond acceptors (Lipinski definition) is 2. The van der Waals surface area contributed by atoms with E-state index in [1.165, 1.54) is 30.0 Å². The zero-order valence-electron chi connectivity index (χ0n) is 10.7. The van der Waals surface area contributed by atoms with E-state index in [4.69, 9.17) is 11.6 Å². The molecule has 0 bridgehead atoms. The van der Waals surface area contributed by atoms with Crippen LogP contribution in [0.4, 0.5) is 13.2 Å². The van der Waals surface area contributed by atoms with Crippen molar-refractivity contribution in [2.24, 2.45) is 0 Å². The maximum atomic E-state index is 12.5. The van der Waals surface area contributed by atoms with Crippen LogP contribution in [0.2, 0.25) is 5.02 Å². The normalized spacial score (nSPS) is 11.2. The molecule has 0 aliphatic carbocycles. The van der Waals surface area contributed by atoms with Gasteiger partial charge in [-0.2, -0.15) is 13.2 Å². The Morgan fingerprint density at radius 1 is 1.50 bits per heavy atom. The molecule has 0 saturated carbocycles. The van der Waals surface area contributed by atoms with Crippen LogP contribution in [0.1, 0.15) is 10.4 Å². The van der Waals surface area contributed by atoms with Gasteiger partial charge in [0.05, 0.1) is 10.6 Å². The quantitative estimate of drug-likeness (QED) is 0.596.